The lowest BCUT2D eigenvalue weighted by Gasteiger charge is -2.28. The van der Waals surface area contributed by atoms with Crippen molar-refractivity contribution < 1.29 is 18.0 Å². The summed E-state index contributed by atoms with van der Waals surface area (Å²) in [5.41, 5.74) is 1.09. The van der Waals surface area contributed by atoms with Gasteiger partial charge >= 0.3 is 0 Å². The average molecular weight is 502 g/mol. The molecule has 0 bridgehead atoms. The Balaban J connectivity index is 1.58. The largest absolute Gasteiger partial charge is 0.380 e. The van der Waals surface area contributed by atoms with Gasteiger partial charge in [0.25, 0.3) is 5.91 Å². The van der Waals surface area contributed by atoms with Crippen LogP contribution in [0, 0.1) is 34.7 Å². The van der Waals surface area contributed by atoms with Crippen molar-refractivity contribution in [3.05, 3.63) is 65.5 Å². The highest BCUT2D eigenvalue weighted by molar-refractivity contribution is 6.37. The zero-order valence-corrected chi connectivity index (χ0v) is 21.3. The number of halogens is 3. The van der Waals surface area contributed by atoms with Gasteiger partial charge in [0.15, 0.2) is 0 Å². The molecule has 1 amide bonds. The number of hydrogen-bond donors (Lipinski definition) is 3. The highest BCUT2D eigenvalue weighted by Crippen LogP contribution is 2.27. The summed E-state index contributed by atoms with van der Waals surface area (Å²) in [5.74, 6) is -1.48. The quantitative estimate of drug-likeness (QED) is 0.273. The molecule has 1 aliphatic rings. The van der Waals surface area contributed by atoms with Crippen molar-refractivity contribution in [2.45, 2.75) is 83.7 Å². The topological polar surface area (TPSA) is 65.0 Å². The molecule has 3 N–H and O–H groups in total. The molecule has 0 radical (unpaired) electrons. The summed E-state index contributed by atoms with van der Waals surface area (Å²) < 4.78 is 41.3. The lowest BCUT2D eigenvalue weighted by Crippen LogP contribution is -2.42. The first-order valence-corrected chi connectivity index (χ1v) is 13.1. The third-order valence-corrected chi connectivity index (χ3v) is 7.40. The first-order chi connectivity index (χ1) is 17.2. The Morgan fingerprint density at radius 2 is 1.75 bits per heavy atom. The van der Waals surface area contributed by atoms with Crippen molar-refractivity contribution >= 4 is 17.3 Å². The predicted molar refractivity (Wildman–Crippen MR) is 139 cm³/mol. The molecule has 0 aromatic heterocycles. The van der Waals surface area contributed by atoms with Gasteiger partial charge in [-0.1, -0.05) is 31.4 Å². The minimum Gasteiger partial charge on any atom is -0.380 e. The maximum Gasteiger partial charge on any atom is 0.265 e. The fraction of sp³-hybridized carbons (Fsp3) is 0.517. The summed E-state index contributed by atoms with van der Waals surface area (Å²) in [6.07, 6.45) is 8.03. The molecule has 0 spiro atoms. The summed E-state index contributed by atoms with van der Waals surface area (Å²) in [4.78, 5) is 12.6. The number of carbonyl (C=O) groups is 1. The van der Waals surface area contributed by atoms with Crippen molar-refractivity contribution in [1.82, 2.24) is 5.32 Å². The summed E-state index contributed by atoms with van der Waals surface area (Å²) in [7, 11) is 0. The van der Waals surface area contributed by atoms with E-state index in [0.717, 1.165) is 24.5 Å². The summed E-state index contributed by atoms with van der Waals surface area (Å²) in [6, 6.07) is 9.66. The third-order valence-electron chi connectivity index (χ3n) is 7.40. The molecule has 4 nitrogen and oxygen atoms in total. The molecule has 0 saturated heterocycles. The second-order valence-electron chi connectivity index (χ2n) is 10.2. The van der Waals surface area contributed by atoms with Crippen LogP contribution in [0.4, 0.5) is 18.9 Å². The van der Waals surface area contributed by atoms with Crippen molar-refractivity contribution in [3.8, 4) is 0 Å². The van der Waals surface area contributed by atoms with E-state index in [-0.39, 0.29) is 41.1 Å². The predicted octanol–water partition coefficient (Wildman–Crippen LogP) is 7.04. The van der Waals surface area contributed by atoms with E-state index in [1.165, 1.54) is 43.5 Å². The van der Waals surface area contributed by atoms with E-state index < -0.39 is 11.6 Å². The van der Waals surface area contributed by atoms with E-state index in [9.17, 15) is 18.0 Å². The summed E-state index contributed by atoms with van der Waals surface area (Å²) in [5, 5.41) is 14.4. The van der Waals surface area contributed by atoms with Crippen molar-refractivity contribution in [2.24, 2.45) is 11.8 Å². The molecule has 1 fully saturated rings. The van der Waals surface area contributed by atoms with Gasteiger partial charge in [-0.05, 0) is 94.0 Å². The van der Waals surface area contributed by atoms with E-state index in [2.05, 4.69) is 10.6 Å². The van der Waals surface area contributed by atoms with Gasteiger partial charge < -0.3 is 10.6 Å². The number of rotatable bonds is 12. The van der Waals surface area contributed by atoms with Gasteiger partial charge in [0.05, 0.1) is 11.4 Å². The van der Waals surface area contributed by atoms with Crippen LogP contribution < -0.4 is 10.6 Å². The van der Waals surface area contributed by atoms with Crippen LogP contribution in [0.25, 0.3) is 0 Å². The van der Waals surface area contributed by atoms with Gasteiger partial charge in [0, 0.05) is 18.2 Å². The highest BCUT2D eigenvalue weighted by atomic mass is 19.1. The lowest BCUT2D eigenvalue weighted by atomic mass is 9.84. The molecular weight excluding hydrogens is 463 g/mol. The Bertz CT molecular complexity index is 1020. The van der Waals surface area contributed by atoms with Gasteiger partial charge in [0.1, 0.15) is 17.5 Å². The standard InChI is InChI=1S/C29H38F3N3O/c1-19(22-9-4-3-5-10-22)35-29(36)27(33)13-7-11-23(16-21-8-6-12-24(30)17-21)20(2)34-28-15-14-25(31)18-26(28)32/h6,8,12,14-15,17-20,22-23,33-34H,3-5,7,9-11,13,16H2,1-2H3,(H,35,36)/t19-,20?,23?/m0/s1. The fourth-order valence-corrected chi connectivity index (χ4v) is 5.17. The molecule has 196 valence electrons. The second kappa shape index (κ2) is 13.5. The first kappa shape index (κ1) is 27.8. The van der Waals surface area contributed by atoms with Crippen LogP contribution in [0.15, 0.2) is 42.5 Å². The second-order valence-corrected chi connectivity index (χ2v) is 10.2. The Morgan fingerprint density at radius 1 is 1.03 bits per heavy atom. The summed E-state index contributed by atoms with van der Waals surface area (Å²) in [6.45, 7) is 3.94. The molecule has 0 aliphatic heterocycles. The maximum atomic E-state index is 14.2. The van der Waals surface area contributed by atoms with E-state index in [0.29, 0.717) is 31.6 Å². The molecule has 2 aromatic carbocycles. The number of nitrogens with one attached hydrogen (secondary N) is 3. The van der Waals surface area contributed by atoms with Gasteiger partial charge in [0.2, 0.25) is 0 Å². The minimum absolute atomic E-state index is 0.0201. The van der Waals surface area contributed by atoms with Crippen molar-refractivity contribution in [3.63, 3.8) is 0 Å². The highest BCUT2D eigenvalue weighted by Gasteiger charge is 2.24. The Morgan fingerprint density at radius 3 is 2.44 bits per heavy atom. The summed E-state index contributed by atoms with van der Waals surface area (Å²) >= 11 is 0. The van der Waals surface area contributed by atoms with Crippen LogP contribution in [0.1, 0.15) is 70.8 Å². The van der Waals surface area contributed by atoms with E-state index >= 15 is 0 Å². The fourth-order valence-electron chi connectivity index (χ4n) is 5.17. The number of carbonyl (C=O) groups excluding carboxylic acids is 1. The Hall–Kier alpha value is -2.83. The van der Waals surface area contributed by atoms with Crippen molar-refractivity contribution in [1.29, 1.82) is 5.41 Å². The normalized spacial score (nSPS) is 16.7. The van der Waals surface area contributed by atoms with Gasteiger partial charge in [-0.3, -0.25) is 10.2 Å². The number of anilines is 1. The molecule has 1 aliphatic carbocycles. The van der Waals surface area contributed by atoms with Gasteiger partial charge in [-0.2, -0.15) is 0 Å². The van der Waals surface area contributed by atoms with Crippen molar-refractivity contribution in [2.75, 3.05) is 5.32 Å². The SMILES string of the molecule is CC(Nc1ccc(F)cc1F)C(CCCC(=N)C(=O)N[C@@H](C)C1CCCCC1)Cc1cccc(F)c1. The number of hydrogen-bond acceptors (Lipinski definition) is 3. The van der Waals surface area contributed by atoms with Gasteiger partial charge in [-0.15, -0.1) is 0 Å². The lowest BCUT2D eigenvalue weighted by molar-refractivity contribution is -0.116. The minimum atomic E-state index is -0.670. The van der Waals surface area contributed by atoms with Gasteiger partial charge in [-0.25, -0.2) is 13.2 Å². The van der Waals surface area contributed by atoms with Crippen LogP contribution in [0.5, 0.6) is 0 Å². The average Bonchev–Trinajstić information content (AvgIpc) is 2.85. The van der Waals surface area contributed by atoms with Crippen LogP contribution in [0.2, 0.25) is 0 Å². The molecule has 3 atom stereocenters. The molecule has 36 heavy (non-hydrogen) atoms. The molecule has 2 aromatic rings. The van der Waals surface area contributed by atoms with E-state index in [1.807, 2.05) is 19.9 Å². The number of benzene rings is 2. The maximum absolute atomic E-state index is 14.2. The first-order valence-electron chi connectivity index (χ1n) is 13.1. The third kappa shape index (κ3) is 8.38. The number of amides is 1. The van der Waals surface area contributed by atoms with Crippen LogP contribution in [0.3, 0.4) is 0 Å². The molecule has 2 unspecified atom stereocenters. The smallest absolute Gasteiger partial charge is 0.265 e. The molecule has 3 rings (SSSR count). The molecule has 7 heteroatoms. The molecule has 1 saturated carbocycles. The van der Waals surface area contributed by atoms with Crippen LogP contribution >= 0.6 is 0 Å². The van der Waals surface area contributed by atoms with E-state index in [4.69, 9.17) is 5.41 Å². The van der Waals surface area contributed by atoms with Crippen LogP contribution in [-0.4, -0.2) is 23.7 Å². The van der Waals surface area contributed by atoms with E-state index in [1.54, 1.807) is 6.07 Å². The zero-order chi connectivity index (χ0) is 26.1. The Kier molecular flexibility index (Phi) is 10.4. The molecule has 0 heterocycles. The zero-order valence-electron chi connectivity index (χ0n) is 21.3. The monoisotopic (exact) mass is 501 g/mol. The molecular formula is C29H38F3N3O. The van der Waals surface area contributed by atoms with Crippen LogP contribution in [-0.2, 0) is 11.2 Å². The Labute approximate surface area is 212 Å².